The number of carbonyl (C=O) groups is 1. The quantitative estimate of drug-likeness (QED) is 0.796. The second-order valence-corrected chi connectivity index (χ2v) is 8.00. The lowest BCUT2D eigenvalue weighted by Gasteiger charge is -2.22. The van der Waals surface area contributed by atoms with Crippen LogP contribution in [0.3, 0.4) is 0 Å². The summed E-state index contributed by atoms with van der Waals surface area (Å²) in [6.07, 6.45) is 2.09. The average molecular weight is 381 g/mol. The second kappa shape index (κ2) is 8.36. The predicted molar refractivity (Wildman–Crippen MR) is 103 cm³/mol. The Morgan fingerprint density at radius 3 is 2.20 bits per heavy atom. The minimum Gasteiger partial charge on any atom is -0.326 e. The monoisotopic (exact) mass is 380 g/mol. The molecular formula is C18H21ClN2O3S. The lowest BCUT2D eigenvalue weighted by Crippen LogP contribution is -2.33. The number of halogens is 1. The maximum absolute atomic E-state index is 12.1. The van der Waals surface area contributed by atoms with E-state index in [4.69, 9.17) is 11.6 Å². The van der Waals surface area contributed by atoms with Gasteiger partial charge in [-0.05, 0) is 48.4 Å². The Balaban J connectivity index is 2.02. The summed E-state index contributed by atoms with van der Waals surface area (Å²) in [5.41, 5.74) is 2.36. The van der Waals surface area contributed by atoms with Crippen molar-refractivity contribution in [2.45, 2.75) is 19.8 Å². The van der Waals surface area contributed by atoms with Crippen LogP contribution in [0.4, 0.5) is 11.4 Å². The highest BCUT2D eigenvalue weighted by Gasteiger charge is 2.18. The molecule has 2 aromatic carbocycles. The number of sulfonamides is 1. The number of hydrogen-bond donors (Lipinski definition) is 1. The van der Waals surface area contributed by atoms with Gasteiger partial charge in [-0.2, -0.15) is 0 Å². The summed E-state index contributed by atoms with van der Waals surface area (Å²) in [6, 6.07) is 14.0. The van der Waals surface area contributed by atoms with Gasteiger partial charge >= 0.3 is 0 Å². The zero-order chi connectivity index (χ0) is 18.4. The van der Waals surface area contributed by atoms with Gasteiger partial charge in [0.25, 0.3) is 0 Å². The Morgan fingerprint density at radius 1 is 1.08 bits per heavy atom. The van der Waals surface area contributed by atoms with Crippen molar-refractivity contribution in [3.05, 3.63) is 59.1 Å². The van der Waals surface area contributed by atoms with Crippen molar-refractivity contribution in [2.75, 3.05) is 22.4 Å². The zero-order valence-electron chi connectivity index (χ0n) is 14.2. The fraction of sp³-hybridized carbons (Fsp3) is 0.278. The number of amides is 1. The third-order valence-corrected chi connectivity index (χ3v) is 5.15. The lowest BCUT2D eigenvalue weighted by molar-refractivity contribution is -0.116. The first kappa shape index (κ1) is 19.3. The standard InChI is InChI=1S/C18H21ClN2O3S/c1-3-14-4-8-16(9-5-14)20-18(22)12-13-21(25(2,23)24)17-10-6-15(19)7-11-17/h4-11H,3,12-13H2,1-2H3,(H,20,22). The highest BCUT2D eigenvalue weighted by molar-refractivity contribution is 7.92. The highest BCUT2D eigenvalue weighted by atomic mass is 35.5. The van der Waals surface area contributed by atoms with Gasteiger partial charge in [-0.3, -0.25) is 9.10 Å². The van der Waals surface area contributed by atoms with Gasteiger partial charge in [0.2, 0.25) is 15.9 Å². The molecule has 1 N–H and O–H groups in total. The molecule has 0 aromatic heterocycles. The minimum absolute atomic E-state index is 0.0469. The molecule has 0 heterocycles. The van der Waals surface area contributed by atoms with Gasteiger partial charge in [0.05, 0.1) is 11.9 Å². The first-order chi connectivity index (χ1) is 11.8. The van der Waals surface area contributed by atoms with Crippen LogP contribution >= 0.6 is 11.6 Å². The molecule has 0 atom stereocenters. The molecular weight excluding hydrogens is 360 g/mol. The topological polar surface area (TPSA) is 66.5 Å². The number of nitrogens with zero attached hydrogens (tertiary/aromatic N) is 1. The molecule has 1 amide bonds. The van der Waals surface area contributed by atoms with Gasteiger partial charge < -0.3 is 5.32 Å². The molecule has 2 rings (SSSR count). The fourth-order valence-corrected chi connectivity index (χ4v) is 3.40. The van der Waals surface area contributed by atoms with Crippen LogP contribution in [0.15, 0.2) is 48.5 Å². The van der Waals surface area contributed by atoms with Crippen molar-refractivity contribution in [1.82, 2.24) is 0 Å². The highest BCUT2D eigenvalue weighted by Crippen LogP contribution is 2.21. The largest absolute Gasteiger partial charge is 0.326 e. The van der Waals surface area contributed by atoms with E-state index in [1.54, 1.807) is 24.3 Å². The van der Waals surface area contributed by atoms with Crippen molar-refractivity contribution in [1.29, 1.82) is 0 Å². The molecule has 25 heavy (non-hydrogen) atoms. The van der Waals surface area contributed by atoms with Gasteiger partial charge in [0.15, 0.2) is 0 Å². The Labute approximate surface area is 153 Å². The molecule has 134 valence electrons. The van der Waals surface area contributed by atoms with Gasteiger partial charge in [-0.25, -0.2) is 8.42 Å². The Kier molecular flexibility index (Phi) is 6.45. The molecule has 0 saturated carbocycles. The molecule has 0 radical (unpaired) electrons. The van der Waals surface area contributed by atoms with Crippen molar-refractivity contribution >= 4 is 38.9 Å². The second-order valence-electron chi connectivity index (χ2n) is 5.66. The van der Waals surface area contributed by atoms with Crippen LogP contribution in [0.5, 0.6) is 0 Å². The number of carbonyl (C=O) groups excluding carboxylic acids is 1. The lowest BCUT2D eigenvalue weighted by atomic mass is 10.1. The smallest absolute Gasteiger partial charge is 0.232 e. The SMILES string of the molecule is CCc1ccc(NC(=O)CCN(c2ccc(Cl)cc2)S(C)(=O)=O)cc1. The van der Waals surface area contributed by atoms with E-state index in [1.165, 1.54) is 9.87 Å². The molecule has 0 fully saturated rings. The summed E-state index contributed by atoms with van der Waals surface area (Å²) >= 11 is 5.84. The number of rotatable bonds is 7. The maximum atomic E-state index is 12.1. The number of benzene rings is 2. The average Bonchev–Trinajstić information content (AvgIpc) is 2.56. The molecule has 0 aliphatic heterocycles. The van der Waals surface area contributed by atoms with E-state index in [0.29, 0.717) is 16.4 Å². The summed E-state index contributed by atoms with van der Waals surface area (Å²) in [5.74, 6) is -0.244. The van der Waals surface area contributed by atoms with Gasteiger partial charge in [0.1, 0.15) is 0 Å². The van der Waals surface area contributed by atoms with Crippen molar-refractivity contribution in [2.24, 2.45) is 0 Å². The normalized spacial score (nSPS) is 11.2. The predicted octanol–water partition coefficient (Wildman–Crippen LogP) is 3.70. The summed E-state index contributed by atoms with van der Waals surface area (Å²) in [7, 11) is -3.50. The molecule has 5 nitrogen and oxygen atoms in total. The molecule has 0 unspecified atom stereocenters. The summed E-state index contributed by atoms with van der Waals surface area (Å²) in [5, 5.41) is 3.30. The zero-order valence-corrected chi connectivity index (χ0v) is 15.8. The minimum atomic E-state index is -3.50. The van der Waals surface area contributed by atoms with Gasteiger partial charge in [-0.1, -0.05) is 30.7 Å². The van der Waals surface area contributed by atoms with E-state index in [0.717, 1.165) is 12.7 Å². The van der Waals surface area contributed by atoms with E-state index < -0.39 is 10.0 Å². The van der Waals surface area contributed by atoms with Crippen LogP contribution in [0.25, 0.3) is 0 Å². The number of anilines is 2. The molecule has 0 bridgehead atoms. The van der Waals surface area contributed by atoms with Gasteiger partial charge in [-0.15, -0.1) is 0 Å². The fourth-order valence-electron chi connectivity index (χ4n) is 2.34. The molecule has 7 heteroatoms. The van der Waals surface area contributed by atoms with E-state index >= 15 is 0 Å². The number of aryl methyl sites for hydroxylation is 1. The van der Waals surface area contributed by atoms with Crippen molar-refractivity contribution < 1.29 is 13.2 Å². The summed E-state index contributed by atoms with van der Waals surface area (Å²) < 4.78 is 25.2. The summed E-state index contributed by atoms with van der Waals surface area (Å²) in [6.45, 7) is 2.11. The third kappa shape index (κ3) is 5.76. The number of hydrogen-bond acceptors (Lipinski definition) is 3. The molecule has 0 aliphatic rings. The Bertz CT molecular complexity index is 818. The molecule has 2 aromatic rings. The van der Waals surface area contributed by atoms with E-state index in [1.807, 2.05) is 24.3 Å². The first-order valence-electron chi connectivity index (χ1n) is 7.91. The maximum Gasteiger partial charge on any atom is 0.232 e. The third-order valence-electron chi connectivity index (χ3n) is 3.70. The Hall–Kier alpha value is -2.05. The molecule has 0 spiro atoms. The molecule has 0 saturated heterocycles. The van der Waals surface area contributed by atoms with Gasteiger partial charge in [0, 0.05) is 23.7 Å². The van der Waals surface area contributed by atoms with E-state index in [9.17, 15) is 13.2 Å². The van der Waals surface area contributed by atoms with Crippen LogP contribution in [0.1, 0.15) is 18.9 Å². The van der Waals surface area contributed by atoms with E-state index in [2.05, 4.69) is 12.2 Å². The van der Waals surface area contributed by atoms with Crippen LogP contribution in [0, 0.1) is 0 Å². The van der Waals surface area contributed by atoms with Crippen LogP contribution < -0.4 is 9.62 Å². The molecule has 0 aliphatic carbocycles. The van der Waals surface area contributed by atoms with E-state index in [-0.39, 0.29) is 18.9 Å². The number of nitrogens with one attached hydrogen (secondary N) is 1. The summed E-state index contributed by atoms with van der Waals surface area (Å²) in [4.78, 5) is 12.1. The first-order valence-corrected chi connectivity index (χ1v) is 10.1. The Morgan fingerprint density at radius 2 is 1.68 bits per heavy atom. The van der Waals surface area contributed by atoms with Crippen LogP contribution in [-0.4, -0.2) is 27.1 Å². The van der Waals surface area contributed by atoms with Crippen LogP contribution in [0.2, 0.25) is 5.02 Å². The van der Waals surface area contributed by atoms with Crippen molar-refractivity contribution in [3.63, 3.8) is 0 Å². The van der Waals surface area contributed by atoms with Crippen LogP contribution in [-0.2, 0) is 21.2 Å². The van der Waals surface area contributed by atoms with Crippen molar-refractivity contribution in [3.8, 4) is 0 Å².